The van der Waals surface area contributed by atoms with Gasteiger partial charge in [0.1, 0.15) is 27.5 Å². The van der Waals surface area contributed by atoms with E-state index < -0.39 is 9.39 Å². The molecule has 0 fully saturated rings. The molecule has 1 heterocycles. The predicted molar refractivity (Wildman–Crippen MR) is 134 cm³/mol. The second-order valence-electron chi connectivity index (χ2n) is 7.69. The van der Waals surface area contributed by atoms with Crippen LogP contribution < -0.4 is 5.32 Å². The Labute approximate surface area is 204 Å². The Morgan fingerprint density at radius 1 is 0.844 bits per heavy atom. The average Bonchev–Trinajstić information content (AvgIpc) is 2.79. The molecule has 3 aromatic rings. The van der Waals surface area contributed by atoms with Crippen molar-refractivity contribution in [3.05, 3.63) is 78.4 Å². The van der Waals surface area contributed by atoms with Gasteiger partial charge in [0.05, 0.1) is 16.9 Å². The van der Waals surface area contributed by atoms with Gasteiger partial charge in [0.2, 0.25) is 0 Å². The van der Waals surface area contributed by atoms with E-state index in [-0.39, 0.29) is 30.1 Å². The smallest absolute Gasteiger partial charge is 0.338 e. The molecule has 1 aliphatic rings. The van der Waals surface area contributed by atoms with Gasteiger partial charge in [0, 0.05) is 0 Å². The highest BCUT2D eigenvalue weighted by molar-refractivity contribution is 14.1. The molecule has 0 aromatic heterocycles. The number of rotatable bonds is 6. The number of hydrogen-bond acceptors (Lipinski definition) is 5. The molecule has 164 valence electrons. The van der Waals surface area contributed by atoms with Gasteiger partial charge in [0.15, 0.2) is 14.7 Å². The Balaban J connectivity index is 1.47. The summed E-state index contributed by atoms with van der Waals surface area (Å²) in [5.41, 5.74) is 2.67. The van der Waals surface area contributed by atoms with Crippen LogP contribution in [0.5, 0.6) is 0 Å². The highest BCUT2D eigenvalue weighted by atomic mass is 127. The molecule has 0 saturated heterocycles. The van der Waals surface area contributed by atoms with Crippen LogP contribution in [0.3, 0.4) is 0 Å². The molecule has 0 aliphatic carbocycles. The fraction of sp³-hybridized carbons (Fsp3) is 0.200. The number of fused-ring (bicyclic) bond motifs is 2. The molecule has 0 bridgehead atoms. The van der Waals surface area contributed by atoms with Gasteiger partial charge in [-0.1, -0.05) is 46.9 Å². The molecule has 0 atom stereocenters. The number of halogens is 1. The van der Waals surface area contributed by atoms with E-state index >= 15 is 0 Å². The van der Waals surface area contributed by atoms with Crippen molar-refractivity contribution >= 4 is 56.8 Å². The summed E-state index contributed by atoms with van der Waals surface area (Å²) >= 11 is 2.01. The molecular formula is C25H23INO4S+. The minimum Gasteiger partial charge on any atom is -0.461 e. The van der Waals surface area contributed by atoms with E-state index in [0.29, 0.717) is 5.56 Å². The first kappa shape index (κ1) is 22.7. The van der Waals surface area contributed by atoms with Crippen molar-refractivity contribution in [2.45, 2.75) is 32.0 Å². The predicted octanol–water partition coefficient (Wildman–Crippen LogP) is 5.75. The molecule has 0 unspecified atom stereocenters. The number of alkyl halides is 1. The lowest BCUT2D eigenvalue weighted by Crippen LogP contribution is -2.28. The zero-order valence-corrected chi connectivity index (χ0v) is 20.7. The zero-order chi connectivity index (χ0) is 22.7. The van der Waals surface area contributed by atoms with E-state index in [4.69, 9.17) is 9.47 Å². The SMILES string of the molecule is CC(C)(I)C(=O)OCCOC(=O)c1ccc([S+]2c3ccccc3Nc3ccccc32)cc1. The summed E-state index contributed by atoms with van der Waals surface area (Å²) < 4.78 is 9.79. The molecule has 4 rings (SSSR count). The summed E-state index contributed by atoms with van der Waals surface area (Å²) in [6.07, 6.45) is 0. The van der Waals surface area contributed by atoms with E-state index in [9.17, 15) is 9.59 Å². The van der Waals surface area contributed by atoms with Crippen LogP contribution in [0.15, 0.2) is 87.5 Å². The van der Waals surface area contributed by atoms with Crippen molar-refractivity contribution in [1.29, 1.82) is 0 Å². The Morgan fingerprint density at radius 2 is 1.38 bits per heavy atom. The van der Waals surface area contributed by atoms with Crippen LogP contribution in [0.1, 0.15) is 24.2 Å². The standard InChI is InChI=1S/C25H23INO4S/c1-25(2,26)24(29)31-16-15-30-23(28)17-11-13-18(14-12-17)32-21-9-5-3-7-19(21)27-20-8-4-6-10-22(20)32/h3-14,27H,15-16H2,1-2H3/q+1. The fourth-order valence-electron chi connectivity index (χ4n) is 3.26. The number of para-hydroxylation sites is 2. The summed E-state index contributed by atoms with van der Waals surface area (Å²) in [6.45, 7) is 3.60. The number of ether oxygens (including phenoxy) is 2. The van der Waals surface area contributed by atoms with Crippen molar-refractivity contribution in [3.63, 3.8) is 0 Å². The van der Waals surface area contributed by atoms with Crippen LogP contribution in [-0.2, 0) is 25.2 Å². The summed E-state index contributed by atoms with van der Waals surface area (Å²) in [5.74, 6) is -0.766. The van der Waals surface area contributed by atoms with Crippen LogP contribution in [0.4, 0.5) is 11.4 Å². The molecule has 7 heteroatoms. The van der Waals surface area contributed by atoms with Crippen molar-refractivity contribution in [1.82, 2.24) is 0 Å². The highest BCUT2D eigenvalue weighted by Gasteiger charge is 2.37. The van der Waals surface area contributed by atoms with Gasteiger partial charge < -0.3 is 14.8 Å². The molecular weight excluding hydrogens is 537 g/mol. The third-order valence-corrected chi connectivity index (χ3v) is 7.62. The van der Waals surface area contributed by atoms with Crippen molar-refractivity contribution in [2.24, 2.45) is 0 Å². The maximum absolute atomic E-state index is 12.4. The number of hydrogen-bond donors (Lipinski definition) is 1. The summed E-state index contributed by atoms with van der Waals surface area (Å²) in [7, 11) is -0.273. The van der Waals surface area contributed by atoms with Gasteiger partial charge in [-0.25, -0.2) is 4.79 Å². The Morgan fingerprint density at radius 3 is 1.94 bits per heavy atom. The maximum atomic E-state index is 12.4. The van der Waals surface area contributed by atoms with Crippen molar-refractivity contribution < 1.29 is 19.1 Å². The Kier molecular flexibility index (Phi) is 6.76. The van der Waals surface area contributed by atoms with Crippen LogP contribution in [-0.4, -0.2) is 28.6 Å². The van der Waals surface area contributed by atoms with Gasteiger partial charge in [-0.3, -0.25) is 4.79 Å². The van der Waals surface area contributed by atoms with Crippen molar-refractivity contribution in [3.8, 4) is 0 Å². The number of anilines is 2. The minimum absolute atomic E-state index is 0.0237. The monoisotopic (exact) mass is 560 g/mol. The highest BCUT2D eigenvalue weighted by Crippen LogP contribution is 2.44. The lowest BCUT2D eigenvalue weighted by molar-refractivity contribution is -0.146. The van der Waals surface area contributed by atoms with Crippen LogP contribution in [0.2, 0.25) is 0 Å². The molecule has 0 amide bonds. The van der Waals surface area contributed by atoms with E-state index in [2.05, 4.69) is 29.6 Å². The number of benzene rings is 3. The first-order valence-corrected chi connectivity index (χ1v) is 12.5. The summed E-state index contributed by atoms with van der Waals surface area (Å²) in [4.78, 5) is 27.7. The second-order valence-corrected chi connectivity index (χ2v) is 12.4. The number of carbonyl (C=O) groups excluding carboxylic acids is 2. The molecule has 1 N–H and O–H groups in total. The molecule has 0 spiro atoms. The van der Waals surface area contributed by atoms with E-state index in [1.807, 2.05) is 59.0 Å². The summed E-state index contributed by atoms with van der Waals surface area (Å²) in [5, 5.41) is 3.51. The summed E-state index contributed by atoms with van der Waals surface area (Å²) in [6, 6.07) is 24.1. The number of carbonyl (C=O) groups is 2. The van der Waals surface area contributed by atoms with Gasteiger partial charge in [-0.2, -0.15) is 0 Å². The van der Waals surface area contributed by atoms with Crippen LogP contribution in [0, 0.1) is 0 Å². The quantitative estimate of drug-likeness (QED) is 0.107. The van der Waals surface area contributed by atoms with E-state index in [1.54, 1.807) is 26.0 Å². The van der Waals surface area contributed by atoms with E-state index in [1.165, 1.54) is 9.79 Å². The molecule has 3 aromatic carbocycles. The normalized spacial score (nSPS) is 12.8. The topological polar surface area (TPSA) is 64.6 Å². The Bertz CT molecular complexity index is 1100. The average molecular weight is 560 g/mol. The van der Waals surface area contributed by atoms with Crippen molar-refractivity contribution in [2.75, 3.05) is 18.5 Å². The number of esters is 2. The Hall–Kier alpha value is -2.52. The van der Waals surface area contributed by atoms with Gasteiger partial charge >= 0.3 is 11.9 Å². The third kappa shape index (κ3) is 4.94. The lowest BCUT2D eigenvalue weighted by Gasteiger charge is -2.20. The largest absolute Gasteiger partial charge is 0.461 e. The molecule has 1 aliphatic heterocycles. The fourth-order valence-corrected chi connectivity index (χ4v) is 5.68. The first-order valence-electron chi connectivity index (χ1n) is 10.2. The van der Waals surface area contributed by atoms with E-state index in [0.717, 1.165) is 16.3 Å². The molecule has 5 nitrogen and oxygen atoms in total. The zero-order valence-electron chi connectivity index (χ0n) is 17.8. The first-order chi connectivity index (χ1) is 15.3. The van der Waals surface area contributed by atoms with Crippen LogP contribution in [0.25, 0.3) is 0 Å². The second kappa shape index (κ2) is 9.54. The number of nitrogens with one attached hydrogen (secondary N) is 1. The molecule has 32 heavy (non-hydrogen) atoms. The lowest BCUT2D eigenvalue weighted by atomic mass is 10.2. The van der Waals surface area contributed by atoms with Gasteiger partial charge in [0.25, 0.3) is 0 Å². The molecule has 0 radical (unpaired) electrons. The van der Waals surface area contributed by atoms with Gasteiger partial charge in [-0.15, -0.1) is 0 Å². The third-order valence-electron chi connectivity index (χ3n) is 4.84. The maximum Gasteiger partial charge on any atom is 0.338 e. The minimum atomic E-state index is -0.607. The van der Waals surface area contributed by atoms with Gasteiger partial charge in [-0.05, 0) is 62.4 Å². The molecule has 0 saturated carbocycles. The van der Waals surface area contributed by atoms with Crippen LogP contribution >= 0.6 is 22.6 Å².